The van der Waals surface area contributed by atoms with Gasteiger partial charge in [0.15, 0.2) is 0 Å². The summed E-state index contributed by atoms with van der Waals surface area (Å²) >= 11 is 0. The van der Waals surface area contributed by atoms with E-state index >= 15 is 0 Å². The van der Waals surface area contributed by atoms with Gasteiger partial charge in [0, 0.05) is 19.5 Å². The van der Waals surface area contributed by atoms with Gasteiger partial charge in [-0.2, -0.15) is 0 Å². The average molecular weight is 349 g/mol. The summed E-state index contributed by atoms with van der Waals surface area (Å²) in [5, 5.41) is 0.545. The van der Waals surface area contributed by atoms with Crippen molar-refractivity contribution in [1.29, 1.82) is 0 Å². The van der Waals surface area contributed by atoms with Gasteiger partial charge >= 0.3 is 0 Å². The topological polar surface area (TPSA) is 55.2 Å². The fraction of sp³-hybridized carbons (Fsp3) is 0.286. The Balaban J connectivity index is 1.90. The van der Waals surface area contributed by atoms with Crippen molar-refractivity contribution in [2.75, 3.05) is 6.54 Å². The lowest BCUT2D eigenvalue weighted by atomic mass is 10.2. The Kier molecular flexibility index (Phi) is 5.46. The Bertz CT molecular complexity index is 964. The molecular weight excluding hydrogens is 326 g/mol. The van der Waals surface area contributed by atoms with Gasteiger partial charge in [-0.1, -0.05) is 49.4 Å². The van der Waals surface area contributed by atoms with Crippen LogP contribution in [-0.4, -0.2) is 26.9 Å². The summed E-state index contributed by atoms with van der Waals surface area (Å²) in [5.74, 6) is 0.558. The van der Waals surface area contributed by atoms with Gasteiger partial charge in [-0.15, -0.1) is 0 Å². The minimum Gasteiger partial charge on any atom is -0.337 e. The van der Waals surface area contributed by atoms with Gasteiger partial charge in [-0.3, -0.25) is 14.2 Å². The van der Waals surface area contributed by atoms with Crippen molar-refractivity contribution >= 4 is 16.8 Å². The molecule has 1 amide bonds. The first-order valence-electron chi connectivity index (χ1n) is 8.94. The predicted molar refractivity (Wildman–Crippen MR) is 103 cm³/mol. The van der Waals surface area contributed by atoms with E-state index in [0.717, 1.165) is 5.56 Å². The fourth-order valence-electron chi connectivity index (χ4n) is 3.06. The summed E-state index contributed by atoms with van der Waals surface area (Å²) < 4.78 is 1.51. The van der Waals surface area contributed by atoms with Crippen molar-refractivity contribution in [3.05, 3.63) is 76.3 Å². The Hall–Kier alpha value is -2.95. The number of aromatic nitrogens is 2. The van der Waals surface area contributed by atoms with Crippen molar-refractivity contribution in [2.45, 2.75) is 33.4 Å². The van der Waals surface area contributed by atoms with E-state index in [0.29, 0.717) is 36.2 Å². The van der Waals surface area contributed by atoms with Crippen LogP contribution in [0.2, 0.25) is 0 Å². The third kappa shape index (κ3) is 3.67. The molecule has 26 heavy (non-hydrogen) atoms. The smallest absolute Gasteiger partial charge is 0.261 e. The second-order valence-corrected chi connectivity index (χ2v) is 6.18. The Morgan fingerprint density at radius 3 is 2.42 bits per heavy atom. The van der Waals surface area contributed by atoms with E-state index in [-0.39, 0.29) is 18.0 Å². The van der Waals surface area contributed by atoms with Crippen molar-refractivity contribution < 1.29 is 4.79 Å². The minimum absolute atomic E-state index is 0.0144. The molecule has 0 unspecified atom stereocenters. The molecule has 0 fully saturated rings. The molecule has 3 rings (SSSR count). The maximum atomic E-state index is 12.9. The van der Waals surface area contributed by atoms with E-state index in [2.05, 4.69) is 4.98 Å². The van der Waals surface area contributed by atoms with Gasteiger partial charge in [0.1, 0.15) is 12.4 Å². The molecule has 5 nitrogen and oxygen atoms in total. The molecular formula is C21H23N3O2. The molecule has 0 N–H and O–H groups in total. The zero-order valence-electron chi connectivity index (χ0n) is 15.2. The van der Waals surface area contributed by atoms with Crippen molar-refractivity contribution in [3.8, 4) is 0 Å². The third-order valence-corrected chi connectivity index (χ3v) is 4.50. The van der Waals surface area contributed by atoms with Crippen LogP contribution >= 0.6 is 0 Å². The van der Waals surface area contributed by atoms with Crippen LogP contribution in [0.25, 0.3) is 10.9 Å². The number of hydrogen-bond donors (Lipinski definition) is 0. The maximum Gasteiger partial charge on any atom is 0.261 e. The van der Waals surface area contributed by atoms with Crippen LogP contribution in [0.15, 0.2) is 59.4 Å². The van der Waals surface area contributed by atoms with Gasteiger partial charge in [-0.25, -0.2) is 4.98 Å². The largest absolute Gasteiger partial charge is 0.337 e. The number of nitrogens with zero attached hydrogens (tertiary/aromatic N) is 3. The second kappa shape index (κ2) is 7.95. The molecule has 0 aliphatic heterocycles. The molecule has 134 valence electrons. The molecule has 0 saturated carbocycles. The van der Waals surface area contributed by atoms with Gasteiger partial charge < -0.3 is 4.90 Å². The normalized spacial score (nSPS) is 10.8. The second-order valence-electron chi connectivity index (χ2n) is 6.18. The summed E-state index contributed by atoms with van der Waals surface area (Å²) in [6.07, 6.45) is 0.595. The molecule has 0 atom stereocenters. The molecule has 0 aliphatic carbocycles. The number of aryl methyl sites for hydroxylation is 1. The number of fused-ring (bicyclic) bond motifs is 1. The minimum atomic E-state index is -0.156. The highest BCUT2D eigenvalue weighted by molar-refractivity contribution is 5.79. The number of carbonyl (C=O) groups is 1. The van der Waals surface area contributed by atoms with Crippen LogP contribution in [0.3, 0.4) is 0 Å². The zero-order valence-corrected chi connectivity index (χ0v) is 15.2. The van der Waals surface area contributed by atoms with E-state index in [1.165, 1.54) is 4.57 Å². The first-order chi connectivity index (χ1) is 12.6. The molecule has 3 aromatic rings. The van der Waals surface area contributed by atoms with Gasteiger partial charge in [0.25, 0.3) is 5.56 Å². The molecule has 0 bridgehead atoms. The molecule has 0 aliphatic rings. The Labute approximate surface area is 152 Å². The molecule has 0 radical (unpaired) electrons. The van der Waals surface area contributed by atoms with E-state index in [1.54, 1.807) is 11.0 Å². The first kappa shape index (κ1) is 17.9. The van der Waals surface area contributed by atoms with Gasteiger partial charge in [0.2, 0.25) is 5.91 Å². The van der Waals surface area contributed by atoms with Crippen molar-refractivity contribution in [1.82, 2.24) is 14.5 Å². The molecule has 5 heteroatoms. The van der Waals surface area contributed by atoms with Crippen LogP contribution in [0.4, 0.5) is 0 Å². The number of hydrogen-bond acceptors (Lipinski definition) is 3. The highest BCUT2D eigenvalue weighted by Gasteiger charge is 2.17. The third-order valence-electron chi connectivity index (χ3n) is 4.50. The summed E-state index contributed by atoms with van der Waals surface area (Å²) in [7, 11) is 0. The van der Waals surface area contributed by atoms with Crippen molar-refractivity contribution in [3.63, 3.8) is 0 Å². The van der Waals surface area contributed by atoms with E-state index in [1.807, 2.05) is 62.4 Å². The zero-order chi connectivity index (χ0) is 18.5. The summed E-state index contributed by atoms with van der Waals surface area (Å²) in [6.45, 7) is 5.03. The summed E-state index contributed by atoms with van der Waals surface area (Å²) in [5.41, 5.74) is 1.59. The lowest BCUT2D eigenvalue weighted by molar-refractivity contribution is -0.132. The Morgan fingerprint density at radius 1 is 1.04 bits per heavy atom. The number of para-hydroxylation sites is 1. The van der Waals surface area contributed by atoms with E-state index in [4.69, 9.17) is 0 Å². The SMILES string of the molecule is CCc1nc2ccccc2c(=O)n1CC(=O)N(CC)Cc1ccccc1. The standard InChI is InChI=1S/C21H23N3O2/c1-3-19-22-18-13-9-8-12-17(18)21(26)24(19)15-20(25)23(4-2)14-16-10-6-5-7-11-16/h5-13H,3-4,14-15H2,1-2H3. The van der Waals surface area contributed by atoms with E-state index in [9.17, 15) is 9.59 Å². The highest BCUT2D eigenvalue weighted by Crippen LogP contribution is 2.10. The fourth-order valence-corrected chi connectivity index (χ4v) is 3.06. The monoisotopic (exact) mass is 349 g/mol. The highest BCUT2D eigenvalue weighted by atomic mass is 16.2. The van der Waals surface area contributed by atoms with Crippen LogP contribution in [-0.2, 0) is 24.3 Å². The first-order valence-corrected chi connectivity index (χ1v) is 8.94. The molecule has 2 aromatic carbocycles. The summed E-state index contributed by atoms with van der Waals surface area (Å²) in [6, 6.07) is 17.1. The van der Waals surface area contributed by atoms with Gasteiger partial charge in [0.05, 0.1) is 10.9 Å². The number of benzene rings is 2. The molecule has 0 spiro atoms. The van der Waals surface area contributed by atoms with Crippen LogP contribution in [0.5, 0.6) is 0 Å². The van der Waals surface area contributed by atoms with Crippen LogP contribution in [0.1, 0.15) is 25.2 Å². The predicted octanol–water partition coefficient (Wildman–Crippen LogP) is 3.01. The lowest BCUT2D eigenvalue weighted by Gasteiger charge is -2.22. The number of likely N-dealkylation sites (N-methyl/N-ethyl adjacent to an activating group) is 1. The number of carbonyl (C=O) groups excluding carboxylic acids is 1. The molecule has 1 heterocycles. The Morgan fingerprint density at radius 2 is 1.73 bits per heavy atom. The molecule has 1 aromatic heterocycles. The van der Waals surface area contributed by atoms with Crippen molar-refractivity contribution in [2.24, 2.45) is 0 Å². The average Bonchev–Trinajstić information content (AvgIpc) is 2.68. The number of amides is 1. The number of rotatable bonds is 6. The summed E-state index contributed by atoms with van der Waals surface area (Å²) in [4.78, 5) is 32.0. The maximum absolute atomic E-state index is 12.9. The lowest BCUT2D eigenvalue weighted by Crippen LogP contribution is -2.37. The van der Waals surface area contributed by atoms with Gasteiger partial charge in [-0.05, 0) is 24.6 Å². The van der Waals surface area contributed by atoms with E-state index < -0.39 is 0 Å². The van der Waals surface area contributed by atoms with Crippen LogP contribution in [0, 0.1) is 0 Å². The quantitative estimate of drug-likeness (QED) is 0.687. The van der Waals surface area contributed by atoms with Crippen LogP contribution < -0.4 is 5.56 Å². The molecule has 0 saturated heterocycles.